The highest BCUT2D eigenvalue weighted by molar-refractivity contribution is 5.25. The van der Waals surface area contributed by atoms with Gasteiger partial charge in [0.15, 0.2) is 0 Å². The molecule has 2 N–H and O–H groups in total. The fraction of sp³-hybridized carbons (Fsp3) is 0.143. The molecule has 19 heavy (non-hydrogen) atoms. The van der Waals surface area contributed by atoms with Crippen LogP contribution >= 0.6 is 0 Å². The van der Waals surface area contributed by atoms with E-state index >= 15 is 0 Å². The van der Waals surface area contributed by atoms with E-state index in [1.165, 1.54) is 18.2 Å². The molecular formula is C14H12F3NO. The molecular weight excluding hydrogens is 255 g/mol. The van der Waals surface area contributed by atoms with Crippen molar-refractivity contribution in [2.24, 2.45) is 5.73 Å². The molecule has 2 aromatic rings. The van der Waals surface area contributed by atoms with E-state index < -0.39 is 23.5 Å². The van der Waals surface area contributed by atoms with Crippen LogP contribution in [0.25, 0.3) is 0 Å². The number of hydrogen-bond acceptors (Lipinski definition) is 2. The number of ether oxygens (including phenoxy) is 1. The summed E-state index contributed by atoms with van der Waals surface area (Å²) < 4.78 is 44.1. The van der Waals surface area contributed by atoms with Crippen LogP contribution in [0.5, 0.6) is 5.75 Å². The van der Waals surface area contributed by atoms with Gasteiger partial charge in [0.25, 0.3) is 0 Å². The van der Waals surface area contributed by atoms with Crippen molar-refractivity contribution in [2.45, 2.75) is 6.04 Å². The van der Waals surface area contributed by atoms with E-state index in [2.05, 4.69) is 0 Å². The van der Waals surface area contributed by atoms with Crippen molar-refractivity contribution in [1.82, 2.24) is 0 Å². The molecule has 0 bridgehead atoms. The summed E-state index contributed by atoms with van der Waals surface area (Å²) in [4.78, 5) is 0. The Morgan fingerprint density at radius 2 is 1.63 bits per heavy atom. The smallest absolute Gasteiger partial charge is 0.129 e. The molecule has 0 aliphatic heterocycles. The van der Waals surface area contributed by atoms with Gasteiger partial charge >= 0.3 is 0 Å². The monoisotopic (exact) mass is 267 g/mol. The molecule has 0 radical (unpaired) electrons. The maximum atomic E-state index is 13.0. The summed E-state index contributed by atoms with van der Waals surface area (Å²) in [6, 6.07) is 8.07. The van der Waals surface area contributed by atoms with E-state index in [0.29, 0.717) is 5.56 Å². The highest BCUT2D eigenvalue weighted by atomic mass is 19.1. The lowest BCUT2D eigenvalue weighted by Gasteiger charge is -2.13. The summed E-state index contributed by atoms with van der Waals surface area (Å²) >= 11 is 0. The van der Waals surface area contributed by atoms with Gasteiger partial charge in [-0.1, -0.05) is 12.1 Å². The fourth-order valence-corrected chi connectivity index (χ4v) is 1.63. The Hall–Kier alpha value is -2.01. The largest absolute Gasteiger partial charge is 0.491 e. The molecule has 0 aromatic heterocycles. The lowest BCUT2D eigenvalue weighted by Crippen LogP contribution is -2.19. The normalized spacial score (nSPS) is 12.2. The van der Waals surface area contributed by atoms with Crippen LogP contribution in [0, 0.1) is 17.5 Å². The summed E-state index contributed by atoms with van der Waals surface area (Å²) in [5, 5.41) is 0. The van der Waals surface area contributed by atoms with Gasteiger partial charge in [0.05, 0.1) is 6.04 Å². The molecule has 1 unspecified atom stereocenters. The average Bonchev–Trinajstić information content (AvgIpc) is 2.35. The van der Waals surface area contributed by atoms with Crippen molar-refractivity contribution in [1.29, 1.82) is 0 Å². The zero-order chi connectivity index (χ0) is 13.8. The highest BCUT2D eigenvalue weighted by Gasteiger charge is 2.09. The molecule has 0 amide bonds. The summed E-state index contributed by atoms with van der Waals surface area (Å²) in [5.41, 5.74) is 6.36. The summed E-state index contributed by atoms with van der Waals surface area (Å²) in [6.45, 7) is -0.00759. The maximum absolute atomic E-state index is 13.0. The third-order valence-corrected chi connectivity index (χ3v) is 2.54. The molecule has 0 saturated carbocycles. The molecule has 0 spiro atoms. The van der Waals surface area contributed by atoms with Crippen molar-refractivity contribution in [3.05, 3.63) is 65.5 Å². The zero-order valence-electron chi connectivity index (χ0n) is 9.95. The van der Waals surface area contributed by atoms with Gasteiger partial charge in [0.1, 0.15) is 29.8 Å². The summed E-state index contributed by atoms with van der Waals surface area (Å²) in [5.74, 6) is -1.81. The van der Waals surface area contributed by atoms with Crippen molar-refractivity contribution in [3.8, 4) is 5.75 Å². The lowest BCUT2D eigenvalue weighted by atomic mass is 10.1. The van der Waals surface area contributed by atoms with Gasteiger partial charge in [-0.3, -0.25) is 0 Å². The first-order chi connectivity index (χ1) is 9.04. The molecule has 0 aliphatic carbocycles. The van der Waals surface area contributed by atoms with Gasteiger partial charge in [-0.25, -0.2) is 13.2 Å². The Bertz CT molecular complexity index is 554. The van der Waals surface area contributed by atoms with Crippen LogP contribution < -0.4 is 10.5 Å². The average molecular weight is 267 g/mol. The van der Waals surface area contributed by atoms with Gasteiger partial charge in [0, 0.05) is 18.2 Å². The second kappa shape index (κ2) is 5.75. The Balaban J connectivity index is 2.02. The van der Waals surface area contributed by atoms with Crippen LogP contribution in [0.15, 0.2) is 42.5 Å². The topological polar surface area (TPSA) is 35.2 Å². The highest BCUT2D eigenvalue weighted by Crippen LogP contribution is 2.18. The van der Waals surface area contributed by atoms with E-state index in [1.54, 1.807) is 6.07 Å². The molecule has 0 saturated heterocycles. The summed E-state index contributed by atoms with van der Waals surface area (Å²) in [7, 11) is 0. The first kappa shape index (κ1) is 13.4. The molecule has 0 fully saturated rings. The fourth-order valence-electron chi connectivity index (χ4n) is 1.63. The second-order valence-corrected chi connectivity index (χ2v) is 4.08. The van der Waals surface area contributed by atoms with Crippen LogP contribution in [0.4, 0.5) is 13.2 Å². The van der Waals surface area contributed by atoms with Gasteiger partial charge < -0.3 is 10.5 Å². The first-order valence-electron chi connectivity index (χ1n) is 5.64. The van der Waals surface area contributed by atoms with E-state index in [4.69, 9.17) is 10.5 Å². The van der Waals surface area contributed by atoms with Crippen molar-refractivity contribution in [2.75, 3.05) is 6.61 Å². The quantitative estimate of drug-likeness (QED) is 0.923. The third kappa shape index (κ3) is 3.72. The van der Waals surface area contributed by atoms with Gasteiger partial charge in [-0.15, -0.1) is 0 Å². The van der Waals surface area contributed by atoms with Crippen molar-refractivity contribution >= 4 is 0 Å². The standard InChI is InChI=1S/C14H12F3NO/c15-10-3-1-2-9(4-10)14(18)8-19-13-6-11(16)5-12(17)7-13/h1-7,14H,8,18H2. The molecule has 5 heteroatoms. The minimum Gasteiger partial charge on any atom is -0.491 e. The van der Waals surface area contributed by atoms with Gasteiger partial charge in [-0.05, 0) is 17.7 Å². The predicted molar refractivity (Wildman–Crippen MR) is 65.2 cm³/mol. The van der Waals surface area contributed by atoms with Crippen LogP contribution in [0.1, 0.15) is 11.6 Å². The van der Waals surface area contributed by atoms with E-state index in [0.717, 1.165) is 18.2 Å². The number of halogens is 3. The zero-order valence-corrected chi connectivity index (χ0v) is 9.95. The molecule has 2 rings (SSSR count). The predicted octanol–water partition coefficient (Wildman–Crippen LogP) is 3.18. The van der Waals surface area contributed by atoms with E-state index in [9.17, 15) is 13.2 Å². The molecule has 2 nitrogen and oxygen atoms in total. The van der Waals surface area contributed by atoms with Crippen LogP contribution in [0.3, 0.4) is 0 Å². The summed E-state index contributed by atoms with van der Waals surface area (Å²) in [6.07, 6.45) is 0. The molecule has 1 atom stereocenters. The van der Waals surface area contributed by atoms with Crippen LogP contribution in [-0.4, -0.2) is 6.61 Å². The molecule has 2 aromatic carbocycles. The number of hydrogen-bond donors (Lipinski definition) is 1. The Labute approximate surface area is 108 Å². The third-order valence-electron chi connectivity index (χ3n) is 2.54. The van der Waals surface area contributed by atoms with Crippen molar-refractivity contribution < 1.29 is 17.9 Å². The molecule has 100 valence electrons. The van der Waals surface area contributed by atoms with Gasteiger partial charge in [-0.2, -0.15) is 0 Å². The Kier molecular flexibility index (Phi) is 4.06. The number of rotatable bonds is 4. The van der Waals surface area contributed by atoms with Gasteiger partial charge in [0.2, 0.25) is 0 Å². The minimum absolute atomic E-state index is 0.00759. The molecule has 0 heterocycles. The maximum Gasteiger partial charge on any atom is 0.129 e. The number of nitrogens with two attached hydrogens (primary N) is 1. The Morgan fingerprint density at radius 3 is 2.26 bits per heavy atom. The molecule has 0 aliphatic rings. The van der Waals surface area contributed by atoms with Crippen LogP contribution in [-0.2, 0) is 0 Å². The second-order valence-electron chi connectivity index (χ2n) is 4.08. The SMILES string of the molecule is NC(COc1cc(F)cc(F)c1)c1cccc(F)c1. The number of benzene rings is 2. The minimum atomic E-state index is -0.727. The van der Waals surface area contributed by atoms with E-state index in [-0.39, 0.29) is 12.4 Å². The Morgan fingerprint density at radius 1 is 0.947 bits per heavy atom. The lowest BCUT2D eigenvalue weighted by molar-refractivity contribution is 0.287. The van der Waals surface area contributed by atoms with Crippen molar-refractivity contribution in [3.63, 3.8) is 0 Å². The first-order valence-corrected chi connectivity index (χ1v) is 5.64. The van der Waals surface area contributed by atoms with E-state index in [1.807, 2.05) is 0 Å². The van der Waals surface area contributed by atoms with Crippen LogP contribution in [0.2, 0.25) is 0 Å².